The van der Waals surface area contributed by atoms with E-state index in [0.717, 1.165) is 0 Å². The standard InChI is InChI=1S/C11H31Si4/c1-11-15(12(2,3)4,13(5,6)7)14(8,9)10/h11H,1-10H3. The van der Waals surface area contributed by atoms with Crippen LogP contribution in [0.25, 0.3) is 0 Å². The van der Waals surface area contributed by atoms with Gasteiger partial charge >= 0.3 is 0 Å². The monoisotopic (exact) mass is 275 g/mol. The number of rotatable bonds is 4. The van der Waals surface area contributed by atoms with Gasteiger partial charge in [0.25, 0.3) is 0 Å². The van der Waals surface area contributed by atoms with Crippen LogP contribution in [-0.4, -0.2) is 29.4 Å². The largest absolute Gasteiger partial charge is 0.0718 e. The molecular formula is C11H31Si4. The highest BCUT2D eigenvalue weighted by Crippen LogP contribution is 2.38. The van der Waals surface area contributed by atoms with Gasteiger partial charge in [-0.3, -0.25) is 0 Å². The molecule has 0 aliphatic rings. The maximum absolute atomic E-state index is 2.76. The minimum Gasteiger partial charge on any atom is -0.0718 e. The molecule has 0 aliphatic heterocycles. The number of hydrogen-bond donors (Lipinski definition) is 0. The quantitative estimate of drug-likeness (QED) is 0.665. The highest BCUT2D eigenvalue weighted by atomic mass is 29.9. The van der Waals surface area contributed by atoms with Gasteiger partial charge in [-0.05, 0) is 0 Å². The molecule has 0 aliphatic carbocycles. The molecule has 0 aromatic carbocycles. The molecule has 0 amide bonds. The minimum atomic E-state index is -1.08. The van der Waals surface area contributed by atoms with Crippen molar-refractivity contribution in [3.8, 4) is 0 Å². The van der Waals surface area contributed by atoms with Crippen molar-refractivity contribution in [2.75, 3.05) is 0 Å². The van der Waals surface area contributed by atoms with Gasteiger partial charge in [-0.15, -0.1) is 0 Å². The van der Waals surface area contributed by atoms with Gasteiger partial charge in [0.2, 0.25) is 0 Å². The van der Waals surface area contributed by atoms with E-state index in [1.165, 1.54) is 0 Å². The Kier molecular flexibility index (Phi) is 4.52. The molecule has 0 unspecified atom stereocenters. The van der Waals surface area contributed by atoms with Crippen LogP contribution in [0.1, 0.15) is 6.92 Å². The van der Waals surface area contributed by atoms with Crippen molar-refractivity contribution in [1.29, 1.82) is 0 Å². The summed E-state index contributed by atoms with van der Waals surface area (Å²) in [4.78, 5) is 0. The Balaban J connectivity index is 5.78. The van der Waals surface area contributed by atoms with E-state index in [1.807, 2.05) is 0 Å². The average Bonchev–Trinajstić information content (AvgIpc) is 1.76. The highest BCUT2D eigenvalue weighted by molar-refractivity contribution is 7.90. The van der Waals surface area contributed by atoms with Crippen molar-refractivity contribution < 1.29 is 0 Å². The van der Waals surface area contributed by atoms with Gasteiger partial charge in [-0.2, -0.15) is 0 Å². The molecule has 0 bridgehead atoms. The third-order valence-corrected chi connectivity index (χ3v) is 76.3. The summed E-state index contributed by atoms with van der Waals surface area (Å²) < 4.78 is 0. The first kappa shape index (κ1) is 15.9. The zero-order valence-electron chi connectivity index (χ0n) is 12.6. The Bertz CT molecular complexity index is 178. The second kappa shape index (κ2) is 4.27. The van der Waals surface area contributed by atoms with Crippen LogP contribution in [0, 0.1) is 6.04 Å². The fraction of sp³-hybridized carbons (Fsp3) is 0.909. The van der Waals surface area contributed by atoms with Crippen molar-refractivity contribution in [3.63, 3.8) is 0 Å². The lowest BCUT2D eigenvalue weighted by molar-refractivity contribution is 1.61. The molecule has 0 N–H and O–H groups in total. The summed E-state index contributed by atoms with van der Waals surface area (Å²) in [6.45, 7) is 25.0. The lowest BCUT2D eigenvalue weighted by Crippen LogP contribution is -2.82. The van der Waals surface area contributed by atoms with Crippen molar-refractivity contribution in [1.82, 2.24) is 0 Å². The summed E-state index contributed by atoms with van der Waals surface area (Å²) in [6, 6.07) is 2.76. The Morgan fingerprint density at radius 1 is 0.533 bits per heavy atom. The highest BCUT2D eigenvalue weighted by Gasteiger charge is 2.59. The van der Waals surface area contributed by atoms with E-state index in [-0.39, 0.29) is 0 Å². The topological polar surface area (TPSA) is 0 Å². The summed E-state index contributed by atoms with van der Waals surface area (Å²) >= 11 is 0. The predicted octanol–water partition coefficient (Wildman–Crippen LogP) is 4.45. The van der Waals surface area contributed by atoms with Crippen LogP contribution in [0.15, 0.2) is 0 Å². The van der Waals surface area contributed by atoms with E-state index in [9.17, 15) is 0 Å². The maximum atomic E-state index is 2.76. The molecule has 0 spiro atoms. The first-order chi connectivity index (χ1) is 6.31. The van der Waals surface area contributed by atoms with E-state index in [0.29, 0.717) is 0 Å². The first-order valence-corrected chi connectivity index (χ1v) is 21.7. The van der Waals surface area contributed by atoms with Gasteiger partial charge in [0, 0.05) is 29.4 Å². The average molecular weight is 276 g/mol. The lowest BCUT2D eigenvalue weighted by Gasteiger charge is -2.57. The molecule has 1 radical (unpaired) electrons. The summed E-state index contributed by atoms with van der Waals surface area (Å²) in [5, 5.41) is 0. The lowest BCUT2D eigenvalue weighted by atomic mass is 11.0. The van der Waals surface area contributed by atoms with Crippen LogP contribution in [-0.2, 0) is 0 Å². The second-order valence-corrected chi connectivity index (χ2v) is 48.6. The Morgan fingerprint density at radius 3 is 0.733 bits per heavy atom. The zero-order chi connectivity index (χ0) is 12.7. The van der Waals surface area contributed by atoms with Gasteiger partial charge < -0.3 is 0 Å². The Labute approximate surface area is 101 Å². The number of hydrogen-bond acceptors (Lipinski definition) is 0. The fourth-order valence-corrected chi connectivity index (χ4v) is 103. The van der Waals surface area contributed by atoms with Crippen LogP contribution < -0.4 is 0 Å². The summed E-state index contributed by atoms with van der Waals surface area (Å²) in [7, 11) is -3.00. The summed E-state index contributed by atoms with van der Waals surface area (Å²) in [5.74, 6) is 0. The molecule has 4 heteroatoms. The SMILES string of the molecule is C[CH][Si]([Si](C)(C)C)([Si](C)(C)C)[Si](C)(C)C. The van der Waals surface area contributed by atoms with Gasteiger partial charge in [-0.1, -0.05) is 71.9 Å². The molecule has 0 saturated carbocycles. The van der Waals surface area contributed by atoms with Crippen molar-refractivity contribution >= 4 is 29.4 Å². The van der Waals surface area contributed by atoms with Gasteiger partial charge in [-0.25, -0.2) is 0 Å². The zero-order valence-corrected chi connectivity index (χ0v) is 16.6. The molecule has 15 heavy (non-hydrogen) atoms. The molecule has 91 valence electrons. The predicted molar refractivity (Wildman–Crippen MR) is 85.8 cm³/mol. The van der Waals surface area contributed by atoms with Crippen molar-refractivity contribution in [2.45, 2.75) is 65.8 Å². The van der Waals surface area contributed by atoms with Crippen LogP contribution >= 0.6 is 0 Å². The van der Waals surface area contributed by atoms with Crippen LogP contribution in [0.3, 0.4) is 0 Å². The normalized spacial score (nSPS) is 15.6. The van der Waals surface area contributed by atoms with E-state index >= 15 is 0 Å². The smallest absolute Gasteiger partial charge is 0.0403 e. The van der Waals surface area contributed by atoms with E-state index in [1.54, 1.807) is 0 Å². The molecule has 0 nitrogen and oxygen atoms in total. The summed E-state index contributed by atoms with van der Waals surface area (Å²) in [5.41, 5.74) is 0. The van der Waals surface area contributed by atoms with Crippen molar-refractivity contribution in [3.05, 3.63) is 6.04 Å². The van der Waals surface area contributed by atoms with Gasteiger partial charge in [0.05, 0.1) is 0 Å². The van der Waals surface area contributed by atoms with E-state index < -0.39 is 29.4 Å². The molecular weight excluding hydrogens is 244 g/mol. The second-order valence-electron chi connectivity index (χ2n) is 7.85. The van der Waals surface area contributed by atoms with Gasteiger partial charge in [0.1, 0.15) is 0 Å². The molecule has 0 aromatic rings. The molecule has 0 fully saturated rings. The first-order valence-electron chi connectivity index (χ1n) is 6.12. The molecule has 0 heterocycles. The fourth-order valence-electron chi connectivity index (χ4n) is 4.67. The Hall–Kier alpha value is 0.868. The van der Waals surface area contributed by atoms with Crippen molar-refractivity contribution in [2.24, 2.45) is 0 Å². The van der Waals surface area contributed by atoms with E-state index in [4.69, 9.17) is 0 Å². The molecule has 0 atom stereocenters. The minimum absolute atomic E-state index is 1.00. The molecule has 0 rings (SSSR count). The van der Waals surface area contributed by atoms with Crippen LogP contribution in [0.5, 0.6) is 0 Å². The Morgan fingerprint density at radius 2 is 0.733 bits per heavy atom. The van der Waals surface area contributed by atoms with Crippen LogP contribution in [0.4, 0.5) is 0 Å². The molecule has 0 aromatic heterocycles. The summed E-state index contributed by atoms with van der Waals surface area (Å²) in [6.07, 6.45) is 0. The third-order valence-electron chi connectivity index (χ3n) is 3.98. The maximum Gasteiger partial charge on any atom is 0.0403 e. The van der Waals surface area contributed by atoms with Gasteiger partial charge in [0.15, 0.2) is 0 Å². The third kappa shape index (κ3) is 2.58. The van der Waals surface area contributed by atoms with E-state index in [2.05, 4.69) is 71.9 Å². The molecule has 0 saturated heterocycles. The van der Waals surface area contributed by atoms with Crippen LogP contribution in [0.2, 0.25) is 58.9 Å².